The van der Waals surface area contributed by atoms with Crippen molar-refractivity contribution in [2.45, 2.75) is 13.0 Å². The van der Waals surface area contributed by atoms with Gasteiger partial charge in [-0.2, -0.15) is 0 Å². The van der Waals surface area contributed by atoms with Crippen LogP contribution in [0.1, 0.15) is 24.1 Å². The summed E-state index contributed by atoms with van der Waals surface area (Å²) in [6.45, 7) is 1.68. The van der Waals surface area contributed by atoms with Gasteiger partial charge in [-0.05, 0) is 36.8 Å². The maximum atomic E-state index is 13.5. The number of hydrogen-bond donors (Lipinski definition) is 0. The average molecular weight is 465 g/mol. The molecule has 0 bridgehead atoms. The smallest absolute Gasteiger partial charge is 0.338 e. The molecule has 1 atom stereocenters. The first-order valence-corrected chi connectivity index (χ1v) is 10.7. The maximum absolute atomic E-state index is 13.5. The van der Waals surface area contributed by atoms with E-state index in [-0.39, 0.29) is 15.8 Å². The fourth-order valence-electron chi connectivity index (χ4n) is 3.71. The molecule has 2 heterocycles. The lowest BCUT2D eigenvalue weighted by molar-refractivity contribution is -0.385. The predicted octanol–water partition coefficient (Wildman–Crippen LogP) is 2.33. The van der Waals surface area contributed by atoms with E-state index in [9.17, 15) is 19.7 Å². The first-order chi connectivity index (χ1) is 15.8. The summed E-state index contributed by atoms with van der Waals surface area (Å²) in [6, 6.07) is 12.4. The van der Waals surface area contributed by atoms with Gasteiger partial charge in [0, 0.05) is 6.07 Å². The van der Waals surface area contributed by atoms with Gasteiger partial charge in [0.2, 0.25) is 0 Å². The second-order valence-electron chi connectivity index (χ2n) is 7.16. The van der Waals surface area contributed by atoms with Gasteiger partial charge >= 0.3 is 5.97 Å². The number of nitro benzene ring substituents is 1. The third-order valence-corrected chi connectivity index (χ3v) is 6.26. The van der Waals surface area contributed by atoms with E-state index in [1.165, 1.54) is 23.8 Å². The molecule has 33 heavy (non-hydrogen) atoms. The van der Waals surface area contributed by atoms with Gasteiger partial charge in [-0.3, -0.25) is 19.5 Å². The van der Waals surface area contributed by atoms with Gasteiger partial charge in [-0.15, -0.1) is 0 Å². The van der Waals surface area contributed by atoms with E-state index in [1.54, 1.807) is 56.5 Å². The molecule has 0 aliphatic carbocycles. The number of ether oxygens (including phenoxy) is 2. The summed E-state index contributed by atoms with van der Waals surface area (Å²) in [6.07, 6.45) is 1.48. The molecule has 0 fully saturated rings. The number of methoxy groups -OCH3 is 2. The summed E-state index contributed by atoms with van der Waals surface area (Å²) >= 11 is 1.10. The summed E-state index contributed by atoms with van der Waals surface area (Å²) in [5.74, 6) is 0.0351. The molecule has 2 aromatic carbocycles. The molecule has 0 saturated carbocycles. The van der Waals surface area contributed by atoms with Gasteiger partial charge in [0.15, 0.2) is 4.80 Å². The van der Waals surface area contributed by atoms with Crippen molar-refractivity contribution in [1.29, 1.82) is 0 Å². The number of carbonyl (C=O) groups is 1. The lowest BCUT2D eigenvalue weighted by atomic mass is 9.96. The Balaban J connectivity index is 1.98. The summed E-state index contributed by atoms with van der Waals surface area (Å²) < 4.78 is 11.9. The molecule has 1 aliphatic heterocycles. The van der Waals surface area contributed by atoms with Crippen LogP contribution in [0.5, 0.6) is 5.75 Å². The van der Waals surface area contributed by atoms with Crippen LogP contribution in [0.3, 0.4) is 0 Å². The molecule has 0 saturated heterocycles. The summed E-state index contributed by atoms with van der Waals surface area (Å²) in [4.78, 5) is 41.9. The summed E-state index contributed by atoms with van der Waals surface area (Å²) in [5, 5.41) is 11.4. The number of rotatable bonds is 5. The van der Waals surface area contributed by atoms with Crippen molar-refractivity contribution in [3.8, 4) is 5.75 Å². The lowest BCUT2D eigenvalue weighted by Gasteiger charge is -2.24. The van der Waals surface area contributed by atoms with E-state index in [0.717, 1.165) is 11.3 Å². The second kappa shape index (κ2) is 8.83. The minimum Gasteiger partial charge on any atom is -0.497 e. The number of nitro groups is 1. The van der Waals surface area contributed by atoms with Gasteiger partial charge in [-0.25, -0.2) is 9.79 Å². The normalized spacial score (nSPS) is 15.6. The van der Waals surface area contributed by atoms with E-state index in [4.69, 9.17) is 9.47 Å². The Labute approximate surface area is 191 Å². The first kappa shape index (κ1) is 22.2. The zero-order valence-corrected chi connectivity index (χ0v) is 18.8. The van der Waals surface area contributed by atoms with Crippen molar-refractivity contribution in [3.63, 3.8) is 0 Å². The standard InChI is InChI=1S/C23H19N3O6S/c1-13-19(22(28)32-3)20(14-8-10-16(31-2)11-9-14)25-21(27)18(33-23(25)24-13)12-15-6-4-5-7-17(15)26(29)30/h4-12,20H,1-3H3/b18-12+. The molecule has 4 rings (SSSR count). The van der Waals surface area contributed by atoms with Crippen LogP contribution in [0.4, 0.5) is 5.69 Å². The van der Waals surface area contributed by atoms with Crippen LogP contribution in [0.25, 0.3) is 6.08 Å². The Hall–Kier alpha value is -4.05. The number of allylic oxidation sites excluding steroid dienone is 1. The molecular weight excluding hydrogens is 446 g/mol. The van der Waals surface area contributed by atoms with Gasteiger partial charge in [0.05, 0.1) is 46.6 Å². The lowest BCUT2D eigenvalue weighted by Crippen LogP contribution is -2.39. The number of para-hydroxylation sites is 1. The van der Waals surface area contributed by atoms with Crippen molar-refractivity contribution in [2.24, 2.45) is 4.99 Å². The average Bonchev–Trinajstić information content (AvgIpc) is 3.12. The van der Waals surface area contributed by atoms with Crippen molar-refractivity contribution in [1.82, 2.24) is 4.57 Å². The van der Waals surface area contributed by atoms with Gasteiger partial charge < -0.3 is 9.47 Å². The molecule has 168 valence electrons. The van der Waals surface area contributed by atoms with Crippen LogP contribution in [0.2, 0.25) is 0 Å². The van der Waals surface area contributed by atoms with Crippen LogP contribution in [0, 0.1) is 10.1 Å². The van der Waals surface area contributed by atoms with E-state index in [0.29, 0.717) is 27.4 Å². The number of esters is 1. The zero-order chi connectivity index (χ0) is 23.7. The van der Waals surface area contributed by atoms with Crippen molar-refractivity contribution in [2.75, 3.05) is 14.2 Å². The maximum Gasteiger partial charge on any atom is 0.338 e. The highest BCUT2D eigenvalue weighted by Crippen LogP contribution is 2.31. The number of hydrogen-bond acceptors (Lipinski definition) is 8. The number of benzene rings is 2. The summed E-state index contributed by atoms with van der Waals surface area (Å²) in [5.41, 5.74) is 1.13. The number of fused-ring (bicyclic) bond motifs is 1. The molecule has 0 amide bonds. The minimum atomic E-state index is -0.771. The Bertz CT molecular complexity index is 1470. The first-order valence-electron chi connectivity index (χ1n) is 9.84. The molecule has 1 unspecified atom stereocenters. The number of carbonyl (C=O) groups excluding carboxylic acids is 1. The quantitative estimate of drug-likeness (QED) is 0.325. The molecule has 0 N–H and O–H groups in total. The summed E-state index contributed by atoms with van der Waals surface area (Å²) in [7, 11) is 2.82. The van der Waals surface area contributed by atoms with E-state index in [1.807, 2.05) is 0 Å². The van der Waals surface area contributed by atoms with E-state index < -0.39 is 22.5 Å². The molecule has 9 nitrogen and oxygen atoms in total. The molecule has 1 aliphatic rings. The monoisotopic (exact) mass is 465 g/mol. The topological polar surface area (TPSA) is 113 Å². The number of nitrogens with zero attached hydrogens (tertiary/aromatic N) is 3. The molecule has 3 aromatic rings. The number of aromatic nitrogens is 1. The fourth-order valence-corrected chi connectivity index (χ4v) is 4.75. The predicted molar refractivity (Wildman–Crippen MR) is 122 cm³/mol. The van der Waals surface area contributed by atoms with Crippen LogP contribution >= 0.6 is 11.3 Å². The Kier molecular flexibility index (Phi) is 5.93. The fraction of sp³-hybridized carbons (Fsp3) is 0.174. The zero-order valence-electron chi connectivity index (χ0n) is 18.0. The van der Waals surface area contributed by atoms with Crippen molar-refractivity contribution < 1.29 is 19.2 Å². The molecule has 0 spiro atoms. The van der Waals surface area contributed by atoms with Gasteiger partial charge in [0.25, 0.3) is 11.2 Å². The van der Waals surface area contributed by atoms with Crippen LogP contribution in [-0.2, 0) is 9.53 Å². The van der Waals surface area contributed by atoms with Crippen LogP contribution in [-0.4, -0.2) is 29.7 Å². The highest BCUT2D eigenvalue weighted by molar-refractivity contribution is 7.07. The highest BCUT2D eigenvalue weighted by atomic mass is 32.1. The van der Waals surface area contributed by atoms with Crippen LogP contribution < -0.4 is 19.6 Å². The minimum absolute atomic E-state index is 0.110. The van der Waals surface area contributed by atoms with Crippen molar-refractivity contribution >= 4 is 29.1 Å². The van der Waals surface area contributed by atoms with Gasteiger partial charge in [-0.1, -0.05) is 35.6 Å². The van der Waals surface area contributed by atoms with E-state index in [2.05, 4.69) is 4.99 Å². The Morgan fingerprint density at radius 3 is 2.52 bits per heavy atom. The van der Waals surface area contributed by atoms with Crippen LogP contribution in [0.15, 0.2) is 69.6 Å². The molecular formula is C23H19N3O6S. The third-order valence-electron chi connectivity index (χ3n) is 5.28. The SMILES string of the molecule is COC(=O)C1=C(C)N=c2s/c(=C/c3ccccc3[N+](=O)[O-])c(=O)n2C1c1ccc(OC)cc1. The van der Waals surface area contributed by atoms with E-state index >= 15 is 0 Å². The molecule has 10 heteroatoms. The second-order valence-corrected chi connectivity index (χ2v) is 8.17. The highest BCUT2D eigenvalue weighted by Gasteiger charge is 2.33. The number of thiazole rings is 1. The third kappa shape index (κ3) is 3.96. The van der Waals surface area contributed by atoms with Crippen molar-refractivity contribution in [3.05, 3.63) is 101 Å². The Morgan fingerprint density at radius 1 is 1.18 bits per heavy atom. The molecule has 1 aromatic heterocycles. The van der Waals surface area contributed by atoms with Gasteiger partial charge in [0.1, 0.15) is 5.75 Å². The largest absolute Gasteiger partial charge is 0.497 e. The Morgan fingerprint density at radius 2 is 1.88 bits per heavy atom. The molecule has 0 radical (unpaired) electrons.